The predicted octanol–water partition coefficient (Wildman–Crippen LogP) is 3.02. The minimum absolute atomic E-state index is 0.0774. The van der Waals surface area contributed by atoms with Crippen LogP contribution in [0.1, 0.15) is 15.9 Å². The minimum atomic E-state index is -0.283. The third-order valence-electron chi connectivity index (χ3n) is 3.33. The van der Waals surface area contributed by atoms with Crippen molar-refractivity contribution in [1.29, 1.82) is 0 Å². The molecule has 0 fully saturated rings. The van der Waals surface area contributed by atoms with Crippen molar-refractivity contribution in [3.8, 4) is 22.9 Å². The Hall–Kier alpha value is -3.08. The van der Waals surface area contributed by atoms with Crippen molar-refractivity contribution in [2.75, 3.05) is 7.11 Å². The molecule has 22 heavy (non-hydrogen) atoms. The number of aromatic nitrogens is 2. The maximum absolute atomic E-state index is 12.5. The number of carbonyl (C=O) groups is 1. The molecule has 0 aliphatic heterocycles. The lowest BCUT2D eigenvalue weighted by molar-refractivity contribution is 0.103. The third kappa shape index (κ3) is 2.56. The molecule has 5 heteroatoms. The summed E-state index contributed by atoms with van der Waals surface area (Å²) in [6.45, 7) is 0. The van der Waals surface area contributed by atoms with Gasteiger partial charge in [-0.05, 0) is 36.4 Å². The van der Waals surface area contributed by atoms with Crippen molar-refractivity contribution in [2.45, 2.75) is 0 Å². The Bertz CT molecular complexity index is 810. The zero-order valence-electron chi connectivity index (χ0n) is 11.9. The number of benzene rings is 1. The Kier molecular flexibility index (Phi) is 3.62. The molecular formula is C17H14N2O3. The van der Waals surface area contributed by atoms with Crippen LogP contribution in [-0.4, -0.2) is 28.0 Å². The van der Waals surface area contributed by atoms with Crippen molar-refractivity contribution in [3.63, 3.8) is 0 Å². The number of aromatic hydroxyl groups is 1. The maximum atomic E-state index is 12.5. The molecule has 2 N–H and O–H groups in total. The van der Waals surface area contributed by atoms with E-state index < -0.39 is 0 Å². The van der Waals surface area contributed by atoms with Crippen LogP contribution in [0, 0.1) is 0 Å². The zero-order valence-corrected chi connectivity index (χ0v) is 11.9. The number of aromatic amines is 1. The summed E-state index contributed by atoms with van der Waals surface area (Å²) in [5, 5.41) is 9.89. The van der Waals surface area contributed by atoms with E-state index in [2.05, 4.69) is 9.97 Å². The highest BCUT2D eigenvalue weighted by Crippen LogP contribution is 2.26. The van der Waals surface area contributed by atoms with Crippen molar-refractivity contribution in [1.82, 2.24) is 9.97 Å². The Labute approximate surface area is 127 Å². The third-order valence-corrected chi connectivity index (χ3v) is 3.33. The van der Waals surface area contributed by atoms with E-state index in [0.29, 0.717) is 11.3 Å². The highest BCUT2D eigenvalue weighted by atomic mass is 16.5. The molecule has 0 saturated carbocycles. The Morgan fingerprint density at radius 3 is 2.82 bits per heavy atom. The van der Waals surface area contributed by atoms with Gasteiger partial charge in [0.05, 0.1) is 24.1 Å². The number of phenolic OH excluding ortho intramolecular Hbond substituents is 1. The molecule has 0 aliphatic rings. The number of carbonyl (C=O) groups excluding carboxylic acids is 1. The second kappa shape index (κ2) is 5.73. The van der Waals surface area contributed by atoms with E-state index in [1.165, 1.54) is 19.2 Å². The molecule has 0 aliphatic carbocycles. The number of H-pyrrole nitrogens is 1. The molecule has 5 nitrogen and oxygen atoms in total. The summed E-state index contributed by atoms with van der Waals surface area (Å²) in [7, 11) is 1.51. The lowest BCUT2D eigenvalue weighted by atomic mass is 10.0. The standard InChI is InChI=1S/C17H14N2O3/c1-22-12-5-6-16(20)13(9-12)17(21)11-8-15(19-10-11)14-4-2-3-7-18-14/h2-10,19-20H,1H3. The molecule has 2 heterocycles. The van der Waals surface area contributed by atoms with Crippen LogP contribution in [0.4, 0.5) is 0 Å². The van der Waals surface area contributed by atoms with Crippen LogP contribution in [0.25, 0.3) is 11.4 Å². The Morgan fingerprint density at radius 2 is 2.09 bits per heavy atom. The van der Waals surface area contributed by atoms with E-state index >= 15 is 0 Å². The van der Waals surface area contributed by atoms with Crippen LogP contribution in [0.5, 0.6) is 11.5 Å². The highest BCUT2D eigenvalue weighted by molar-refractivity contribution is 6.11. The van der Waals surface area contributed by atoms with E-state index in [4.69, 9.17) is 4.74 Å². The van der Waals surface area contributed by atoms with Crippen molar-refractivity contribution in [2.24, 2.45) is 0 Å². The van der Waals surface area contributed by atoms with Crippen molar-refractivity contribution >= 4 is 5.78 Å². The SMILES string of the molecule is COc1ccc(O)c(C(=O)c2c[nH]c(-c3ccccn3)c2)c1. The Balaban J connectivity index is 1.95. The van der Waals surface area contributed by atoms with E-state index in [1.807, 2.05) is 18.2 Å². The van der Waals surface area contributed by atoms with Gasteiger partial charge in [0.1, 0.15) is 11.5 Å². The fourth-order valence-corrected chi connectivity index (χ4v) is 2.17. The minimum Gasteiger partial charge on any atom is -0.507 e. The fraction of sp³-hybridized carbons (Fsp3) is 0.0588. The first-order chi connectivity index (χ1) is 10.7. The molecule has 3 rings (SSSR count). The van der Waals surface area contributed by atoms with Gasteiger partial charge in [-0.1, -0.05) is 6.07 Å². The van der Waals surface area contributed by atoms with Crippen molar-refractivity contribution < 1.29 is 14.6 Å². The normalized spacial score (nSPS) is 10.4. The number of nitrogens with zero attached hydrogens (tertiary/aromatic N) is 1. The van der Waals surface area contributed by atoms with Gasteiger partial charge >= 0.3 is 0 Å². The summed E-state index contributed by atoms with van der Waals surface area (Å²) < 4.78 is 5.09. The second-order valence-electron chi connectivity index (χ2n) is 4.73. The predicted molar refractivity (Wildman–Crippen MR) is 82.1 cm³/mol. The summed E-state index contributed by atoms with van der Waals surface area (Å²) in [5.74, 6) is 0.155. The largest absolute Gasteiger partial charge is 0.507 e. The lowest BCUT2D eigenvalue weighted by Gasteiger charge is -2.05. The molecule has 0 amide bonds. The number of methoxy groups -OCH3 is 1. The number of ether oxygens (including phenoxy) is 1. The van der Waals surface area contributed by atoms with Gasteiger partial charge in [0, 0.05) is 18.0 Å². The topological polar surface area (TPSA) is 75.2 Å². The van der Waals surface area contributed by atoms with Crippen LogP contribution in [0.3, 0.4) is 0 Å². The molecule has 0 bridgehead atoms. The number of phenols is 1. The van der Waals surface area contributed by atoms with Gasteiger partial charge in [-0.3, -0.25) is 9.78 Å². The monoisotopic (exact) mass is 294 g/mol. The van der Waals surface area contributed by atoms with Crippen LogP contribution in [0.2, 0.25) is 0 Å². The molecule has 0 atom stereocenters. The number of hydrogen-bond donors (Lipinski definition) is 2. The number of pyridine rings is 1. The number of hydrogen-bond acceptors (Lipinski definition) is 4. The molecule has 3 aromatic rings. The fourth-order valence-electron chi connectivity index (χ4n) is 2.17. The van der Waals surface area contributed by atoms with Gasteiger partial charge in [-0.15, -0.1) is 0 Å². The van der Waals surface area contributed by atoms with Gasteiger partial charge in [-0.25, -0.2) is 0 Å². The molecule has 0 saturated heterocycles. The average Bonchev–Trinajstić information content (AvgIpc) is 3.05. The first kappa shape index (κ1) is 13.9. The van der Waals surface area contributed by atoms with Crippen LogP contribution >= 0.6 is 0 Å². The number of ketones is 1. The summed E-state index contributed by atoms with van der Waals surface area (Å²) in [6, 6.07) is 11.8. The molecule has 1 aromatic carbocycles. The maximum Gasteiger partial charge on any atom is 0.198 e. The highest BCUT2D eigenvalue weighted by Gasteiger charge is 2.16. The summed E-state index contributed by atoms with van der Waals surface area (Å²) in [6.07, 6.45) is 3.29. The first-order valence-electron chi connectivity index (χ1n) is 6.70. The van der Waals surface area contributed by atoms with Gasteiger partial charge in [0.25, 0.3) is 0 Å². The summed E-state index contributed by atoms with van der Waals surface area (Å²) in [4.78, 5) is 19.8. The van der Waals surface area contributed by atoms with Crippen LogP contribution < -0.4 is 4.74 Å². The van der Waals surface area contributed by atoms with Gasteiger partial charge in [-0.2, -0.15) is 0 Å². The van der Waals surface area contributed by atoms with Crippen molar-refractivity contribution in [3.05, 3.63) is 66.0 Å². The molecule has 110 valence electrons. The van der Waals surface area contributed by atoms with E-state index in [9.17, 15) is 9.90 Å². The van der Waals surface area contributed by atoms with E-state index in [1.54, 1.807) is 24.5 Å². The molecular weight excluding hydrogens is 280 g/mol. The lowest BCUT2D eigenvalue weighted by Crippen LogP contribution is -2.00. The smallest absolute Gasteiger partial charge is 0.198 e. The van der Waals surface area contributed by atoms with Gasteiger partial charge in [0.15, 0.2) is 5.78 Å². The summed E-state index contributed by atoms with van der Waals surface area (Å²) in [5.41, 5.74) is 2.14. The molecule has 0 unspecified atom stereocenters. The number of nitrogens with one attached hydrogen (secondary N) is 1. The Morgan fingerprint density at radius 1 is 1.23 bits per heavy atom. The van der Waals surface area contributed by atoms with E-state index in [-0.39, 0.29) is 17.1 Å². The van der Waals surface area contributed by atoms with Crippen LogP contribution in [-0.2, 0) is 0 Å². The zero-order chi connectivity index (χ0) is 15.5. The number of rotatable bonds is 4. The van der Waals surface area contributed by atoms with Gasteiger partial charge < -0.3 is 14.8 Å². The quantitative estimate of drug-likeness (QED) is 0.725. The van der Waals surface area contributed by atoms with Gasteiger partial charge in [0.2, 0.25) is 0 Å². The molecule has 2 aromatic heterocycles. The second-order valence-corrected chi connectivity index (χ2v) is 4.73. The van der Waals surface area contributed by atoms with Crippen LogP contribution in [0.15, 0.2) is 54.9 Å². The van der Waals surface area contributed by atoms with E-state index in [0.717, 1.165) is 11.4 Å². The summed E-state index contributed by atoms with van der Waals surface area (Å²) >= 11 is 0. The molecule has 0 spiro atoms. The first-order valence-corrected chi connectivity index (χ1v) is 6.70. The molecule has 0 radical (unpaired) electrons. The average molecular weight is 294 g/mol.